The third-order valence-corrected chi connectivity index (χ3v) is 2.00. The molecule has 1 heterocycles. The van der Waals surface area contributed by atoms with Gasteiger partial charge in [-0.2, -0.15) is 0 Å². The van der Waals surface area contributed by atoms with Crippen LogP contribution in [0.2, 0.25) is 0 Å². The summed E-state index contributed by atoms with van der Waals surface area (Å²) < 4.78 is 0. The van der Waals surface area contributed by atoms with E-state index in [0.717, 1.165) is 0 Å². The second-order valence-electron chi connectivity index (χ2n) is 2.82. The van der Waals surface area contributed by atoms with Crippen molar-refractivity contribution in [3.63, 3.8) is 0 Å². The lowest BCUT2D eigenvalue weighted by Crippen LogP contribution is -2.45. The zero-order valence-electron chi connectivity index (χ0n) is 6.34. The fraction of sp³-hybridized carbons (Fsp3) is 0.833. The fourth-order valence-electron chi connectivity index (χ4n) is 1.27. The van der Waals surface area contributed by atoms with Crippen LogP contribution in [0.1, 0.15) is 0 Å². The fourth-order valence-corrected chi connectivity index (χ4v) is 1.27. The highest BCUT2D eigenvalue weighted by molar-refractivity contribution is 5.81. The van der Waals surface area contributed by atoms with Crippen LogP contribution in [0.3, 0.4) is 0 Å². The first-order chi connectivity index (χ1) is 5.57. The number of nitrogens with two attached hydrogens (primary N) is 1. The first-order valence-electron chi connectivity index (χ1n) is 3.60. The van der Waals surface area contributed by atoms with Crippen LogP contribution in [0, 0.1) is 0 Å². The number of hydrogen-bond acceptors (Lipinski definition) is 5. The van der Waals surface area contributed by atoms with Crippen LogP contribution in [0.5, 0.6) is 0 Å². The van der Waals surface area contributed by atoms with Gasteiger partial charge in [-0.15, -0.1) is 0 Å². The lowest BCUT2D eigenvalue weighted by molar-refractivity contribution is -0.122. The highest BCUT2D eigenvalue weighted by Crippen LogP contribution is 2.13. The van der Waals surface area contributed by atoms with E-state index in [1.54, 1.807) is 0 Å². The molecule has 6 N–H and O–H groups in total. The van der Waals surface area contributed by atoms with Gasteiger partial charge in [0.25, 0.3) is 0 Å². The van der Waals surface area contributed by atoms with Crippen molar-refractivity contribution in [2.75, 3.05) is 6.61 Å². The summed E-state index contributed by atoms with van der Waals surface area (Å²) in [7, 11) is 0. The van der Waals surface area contributed by atoms with Gasteiger partial charge in [-0.05, 0) is 0 Å². The average molecular weight is 176 g/mol. The van der Waals surface area contributed by atoms with Gasteiger partial charge in [0.15, 0.2) is 0 Å². The van der Waals surface area contributed by atoms with Crippen molar-refractivity contribution in [3.8, 4) is 0 Å². The largest absolute Gasteiger partial charge is 0.395 e. The van der Waals surface area contributed by atoms with Crippen LogP contribution in [0.4, 0.5) is 0 Å². The molecule has 0 unspecified atom stereocenters. The SMILES string of the molecule is NC(=O)[C@H]1N[C@H](CO)[C@@H](O)[C@@H]1O. The summed E-state index contributed by atoms with van der Waals surface area (Å²) in [4.78, 5) is 10.6. The van der Waals surface area contributed by atoms with E-state index in [2.05, 4.69) is 5.32 Å². The van der Waals surface area contributed by atoms with Gasteiger partial charge in [-0.25, -0.2) is 0 Å². The number of carbonyl (C=O) groups is 1. The highest BCUT2D eigenvalue weighted by Gasteiger charge is 2.43. The summed E-state index contributed by atoms with van der Waals surface area (Å²) in [5.41, 5.74) is 4.91. The molecule has 0 saturated carbocycles. The quantitative estimate of drug-likeness (QED) is 0.300. The van der Waals surface area contributed by atoms with Crippen molar-refractivity contribution in [3.05, 3.63) is 0 Å². The lowest BCUT2D eigenvalue weighted by atomic mass is 10.1. The van der Waals surface area contributed by atoms with Crippen molar-refractivity contribution in [1.82, 2.24) is 5.32 Å². The molecule has 6 heteroatoms. The molecule has 1 fully saturated rings. The minimum atomic E-state index is -1.24. The Kier molecular flexibility index (Phi) is 2.63. The van der Waals surface area contributed by atoms with Crippen LogP contribution in [0.15, 0.2) is 0 Å². The van der Waals surface area contributed by atoms with Gasteiger partial charge < -0.3 is 21.1 Å². The molecular weight excluding hydrogens is 164 g/mol. The first kappa shape index (κ1) is 9.40. The Labute approximate surface area is 69.0 Å². The molecule has 0 aliphatic carbocycles. The average Bonchev–Trinajstić information content (AvgIpc) is 2.30. The van der Waals surface area contributed by atoms with Crippen LogP contribution >= 0.6 is 0 Å². The van der Waals surface area contributed by atoms with Crippen molar-refractivity contribution in [2.45, 2.75) is 24.3 Å². The number of rotatable bonds is 2. The predicted octanol–water partition coefficient (Wildman–Crippen LogP) is -3.47. The molecule has 6 nitrogen and oxygen atoms in total. The van der Waals surface area contributed by atoms with Crippen molar-refractivity contribution >= 4 is 5.91 Å². The van der Waals surface area contributed by atoms with Gasteiger partial charge in [0.05, 0.1) is 18.8 Å². The molecule has 1 rings (SSSR count). The van der Waals surface area contributed by atoms with E-state index < -0.39 is 30.2 Å². The smallest absolute Gasteiger partial charge is 0.237 e. The summed E-state index contributed by atoms with van der Waals surface area (Å²) in [5, 5.41) is 29.6. The number of nitrogens with one attached hydrogen (secondary N) is 1. The molecule has 0 aromatic carbocycles. The maximum atomic E-state index is 10.6. The molecule has 70 valence electrons. The molecule has 1 aliphatic rings. The van der Waals surface area contributed by atoms with Crippen LogP contribution in [0.25, 0.3) is 0 Å². The number of aliphatic hydroxyl groups is 3. The number of hydrogen-bond donors (Lipinski definition) is 5. The Bertz CT molecular complexity index is 186. The normalized spacial score (nSPS) is 41.6. The Morgan fingerprint density at radius 1 is 1.42 bits per heavy atom. The molecule has 0 radical (unpaired) electrons. The topological polar surface area (TPSA) is 116 Å². The molecule has 1 amide bonds. The monoisotopic (exact) mass is 176 g/mol. The second kappa shape index (κ2) is 3.36. The molecule has 0 bridgehead atoms. The summed E-state index contributed by atoms with van der Waals surface area (Å²) >= 11 is 0. The molecule has 0 spiro atoms. The van der Waals surface area contributed by atoms with E-state index in [0.29, 0.717) is 0 Å². The number of primary amides is 1. The number of carbonyl (C=O) groups excluding carboxylic acids is 1. The van der Waals surface area contributed by atoms with Crippen LogP contribution in [-0.4, -0.2) is 52.1 Å². The summed E-state index contributed by atoms with van der Waals surface area (Å²) in [6.45, 7) is -0.345. The van der Waals surface area contributed by atoms with Gasteiger partial charge in [0.1, 0.15) is 12.1 Å². The summed E-state index contributed by atoms with van der Waals surface area (Å²) in [6.07, 6.45) is -2.38. The van der Waals surface area contributed by atoms with E-state index in [1.807, 2.05) is 0 Å². The summed E-state index contributed by atoms with van der Waals surface area (Å²) in [6, 6.07) is -1.66. The molecule has 12 heavy (non-hydrogen) atoms. The first-order valence-corrected chi connectivity index (χ1v) is 3.60. The molecule has 0 aromatic rings. The summed E-state index contributed by atoms with van der Waals surface area (Å²) in [5.74, 6) is -0.738. The van der Waals surface area contributed by atoms with Crippen LogP contribution in [-0.2, 0) is 4.79 Å². The van der Waals surface area contributed by atoms with Crippen molar-refractivity contribution in [2.24, 2.45) is 5.73 Å². The zero-order chi connectivity index (χ0) is 9.30. The second-order valence-corrected chi connectivity index (χ2v) is 2.82. The van der Waals surface area contributed by atoms with E-state index in [-0.39, 0.29) is 6.61 Å². The minimum absolute atomic E-state index is 0.345. The maximum absolute atomic E-state index is 10.6. The third-order valence-electron chi connectivity index (χ3n) is 2.00. The Balaban J connectivity index is 2.66. The minimum Gasteiger partial charge on any atom is -0.395 e. The maximum Gasteiger partial charge on any atom is 0.237 e. The Morgan fingerprint density at radius 2 is 2.00 bits per heavy atom. The van der Waals surface area contributed by atoms with Gasteiger partial charge in [-0.3, -0.25) is 10.1 Å². The molecule has 1 aliphatic heterocycles. The van der Waals surface area contributed by atoms with E-state index >= 15 is 0 Å². The Hall–Kier alpha value is -0.690. The van der Waals surface area contributed by atoms with E-state index in [9.17, 15) is 15.0 Å². The Morgan fingerprint density at radius 3 is 2.25 bits per heavy atom. The lowest BCUT2D eigenvalue weighted by Gasteiger charge is -2.12. The predicted molar refractivity (Wildman–Crippen MR) is 39.0 cm³/mol. The van der Waals surface area contributed by atoms with E-state index in [1.165, 1.54) is 0 Å². The zero-order valence-corrected chi connectivity index (χ0v) is 6.34. The molecule has 0 aromatic heterocycles. The number of aliphatic hydroxyl groups excluding tert-OH is 3. The third kappa shape index (κ3) is 1.42. The van der Waals surface area contributed by atoms with Crippen molar-refractivity contribution < 1.29 is 20.1 Å². The standard InChI is InChI=1S/C6H12N2O4/c7-6(12)3-5(11)4(10)2(1-9)8-3/h2-5,8-11H,1H2,(H2,7,12)/t2-,3+,4-,5-/m1/s1. The molecule has 4 atom stereocenters. The molecule has 1 saturated heterocycles. The van der Waals surface area contributed by atoms with Gasteiger partial charge in [0, 0.05) is 0 Å². The van der Waals surface area contributed by atoms with Gasteiger partial charge >= 0.3 is 0 Å². The van der Waals surface area contributed by atoms with Crippen molar-refractivity contribution in [1.29, 1.82) is 0 Å². The van der Waals surface area contributed by atoms with Crippen LogP contribution < -0.4 is 11.1 Å². The van der Waals surface area contributed by atoms with Gasteiger partial charge in [0.2, 0.25) is 5.91 Å². The van der Waals surface area contributed by atoms with E-state index in [4.69, 9.17) is 10.8 Å². The molecular formula is C6H12N2O4. The number of amides is 1. The highest BCUT2D eigenvalue weighted by atomic mass is 16.3. The van der Waals surface area contributed by atoms with Gasteiger partial charge in [-0.1, -0.05) is 0 Å².